The maximum absolute atomic E-state index is 10.4. The highest BCUT2D eigenvalue weighted by Crippen LogP contribution is 2.24. The second-order valence-electron chi connectivity index (χ2n) is 2.70. The molecule has 2 unspecified atom stereocenters. The number of hydrogen-bond acceptors (Lipinski definition) is 2. The number of aliphatic carboxylic acids is 1. The van der Waals surface area contributed by atoms with Crippen LogP contribution in [-0.2, 0) is 4.79 Å². The zero-order chi connectivity index (χ0) is 8.59. The summed E-state index contributed by atoms with van der Waals surface area (Å²) in [5.74, 6) is -1.13. The van der Waals surface area contributed by atoms with Crippen LogP contribution in [0.3, 0.4) is 0 Å². The van der Waals surface area contributed by atoms with E-state index in [1.165, 1.54) is 0 Å². The van der Waals surface area contributed by atoms with Gasteiger partial charge in [-0.15, -0.1) is 0 Å². The number of likely N-dealkylation sites (tertiary alicyclic amines) is 1. The maximum Gasteiger partial charge on any atom is 0.408 e. The van der Waals surface area contributed by atoms with Crippen LogP contribution in [0.4, 0.5) is 4.79 Å². The zero-order valence-electron chi connectivity index (χ0n) is 6.02. The number of rotatable bonds is 1. The predicted molar refractivity (Wildman–Crippen MR) is 35.3 cm³/mol. The van der Waals surface area contributed by atoms with Crippen LogP contribution in [0.15, 0.2) is 0 Å². The number of carboxylic acid groups (broad SMARTS) is 2. The summed E-state index contributed by atoms with van der Waals surface area (Å²) in [4.78, 5) is 21.6. The molecule has 0 spiro atoms. The molecular formula is C6H9NO4. The third-order valence-corrected chi connectivity index (χ3v) is 1.86. The quantitative estimate of drug-likeness (QED) is 0.567. The van der Waals surface area contributed by atoms with Crippen molar-refractivity contribution >= 4 is 12.1 Å². The molecule has 1 aliphatic rings. The zero-order valence-corrected chi connectivity index (χ0v) is 6.02. The standard InChI is InChI=1S/C6H9NO4/c1-3-2-7(6(10)11)4(3)5(8)9/h3-4H,2H2,1H3,(H,8,9)(H,10,11). The van der Waals surface area contributed by atoms with Crippen LogP contribution in [0.1, 0.15) is 6.92 Å². The molecule has 1 aliphatic heterocycles. The minimum Gasteiger partial charge on any atom is -0.480 e. The van der Waals surface area contributed by atoms with Crippen molar-refractivity contribution in [3.05, 3.63) is 0 Å². The van der Waals surface area contributed by atoms with Gasteiger partial charge < -0.3 is 10.2 Å². The second kappa shape index (κ2) is 2.41. The Morgan fingerprint density at radius 3 is 2.18 bits per heavy atom. The van der Waals surface area contributed by atoms with Gasteiger partial charge in [0.25, 0.3) is 0 Å². The molecule has 1 heterocycles. The summed E-state index contributed by atoms with van der Waals surface area (Å²) < 4.78 is 0. The average molecular weight is 159 g/mol. The van der Waals surface area contributed by atoms with E-state index in [0.29, 0.717) is 6.54 Å². The molecule has 1 fully saturated rings. The largest absolute Gasteiger partial charge is 0.480 e. The normalized spacial score (nSPS) is 29.4. The Labute approximate surface area is 63.2 Å². The van der Waals surface area contributed by atoms with Crippen molar-refractivity contribution in [3.63, 3.8) is 0 Å². The van der Waals surface area contributed by atoms with Gasteiger partial charge >= 0.3 is 12.1 Å². The fourth-order valence-electron chi connectivity index (χ4n) is 1.27. The molecule has 0 aromatic rings. The van der Waals surface area contributed by atoms with Crippen LogP contribution in [0, 0.1) is 5.92 Å². The predicted octanol–water partition coefficient (Wildman–Crippen LogP) is 0.0693. The highest BCUT2D eigenvalue weighted by Gasteiger charge is 2.44. The summed E-state index contributed by atoms with van der Waals surface area (Å²) in [6.07, 6.45) is -1.16. The number of carboxylic acids is 1. The van der Waals surface area contributed by atoms with Crippen molar-refractivity contribution in [2.75, 3.05) is 6.54 Å². The van der Waals surface area contributed by atoms with Crippen molar-refractivity contribution < 1.29 is 19.8 Å². The molecule has 1 rings (SSSR count). The van der Waals surface area contributed by atoms with E-state index in [1.54, 1.807) is 6.92 Å². The molecule has 62 valence electrons. The van der Waals surface area contributed by atoms with Crippen LogP contribution < -0.4 is 0 Å². The van der Waals surface area contributed by atoms with Crippen molar-refractivity contribution in [1.82, 2.24) is 4.90 Å². The van der Waals surface area contributed by atoms with Crippen molar-refractivity contribution in [2.45, 2.75) is 13.0 Å². The summed E-state index contributed by atoms with van der Waals surface area (Å²) in [6.45, 7) is 2.05. The van der Waals surface area contributed by atoms with Gasteiger partial charge in [0.2, 0.25) is 0 Å². The Morgan fingerprint density at radius 1 is 1.45 bits per heavy atom. The minimum atomic E-state index is -1.16. The molecule has 0 aromatic carbocycles. The topological polar surface area (TPSA) is 77.8 Å². The lowest BCUT2D eigenvalue weighted by Crippen LogP contribution is -2.60. The first kappa shape index (κ1) is 7.84. The average Bonchev–Trinajstić information content (AvgIpc) is 1.80. The molecule has 1 amide bonds. The molecule has 11 heavy (non-hydrogen) atoms. The van der Waals surface area contributed by atoms with Gasteiger partial charge in [-0.25, -0.2) is 9.59 Å². The van der Waals surface area contributed by atoms with Gasteiger partial charge in [-0.1, -0.05) is 6.92 Å². The monoisotopic (exact) mass is 159 g/mol. The van der Waals surface area contributed by atoms with Crippen molar-refractivity contribution in [3.8, 4) is 0 Å². The fraction of sp³-hybridized carbons (Fsp3) is 0.667. The van der Waals surface area contributed by atoms with Gasteiger partial charge in [0.05, 0.1) is 0 Å². The van der Waals surface area contributed by atoms with E-state index in [0.717, 1.165) is 4.90 Å². The molecule has 0 aromatic heterocycles. The lowest BCUT2D eigenvalue weighted by atomic mass is 9.91. The van der Waals surface area contributed by atoms with E-state index < -0.39 is 18.1 Å². The van der Waals surface area contributed by atoms with Crippen LogP contribution in [0.25, 0.3) is 0 Å². The van der Waals surface area contributed by atoms with Gasteiger partial charge in [-0.3, -0.25) is 4.90 Å². The third kappa shape index (κ3) is 1.13. The van der Waals surface area contributed by atoms with Crippen LogP contribution in [0.5, 0.6) is 0 Å². The van der Waals surface area contributed by atoms with Crippen LogP contribution >= 0.6 is 0 Å². The van der Waals surface area contributed by atoms with Gasteiger partial charge in [-0.05, 0) is 0 Å². The number of nitrogens with zero attached hydrogens (tertiary/aromatic N) is 1. The molecule has 0 saturated carbocycles. The van der Waals surface area contributed by atoms with Crippen LogP contribution in [-0.4, -0.2) is 39.8 Å². The number of hydrogen-bond donors (Lipinski definition) is 2. The Kier molecular flexibility index (Phi) is 1.72. The summed E-state index contributed by atoms with van der Waals surface area (Å²) in [5, 5.41) is 17.0. The highest BCUT2D eigenvalue weighted by atomic mass is 16.4. The molecule has 0 radical (unpaired) electrons. The summed E-state index contributed by atoms with van der Waals surface area (Å²) in [6, 6.07) is -0.840. The molecule has 1 saturated heterocycles. The SMILES string of the molecule is CC1CN(C(=O)O)C1C(=O)O. The lowest BCUT2D eigenvalue weighted by Gasteiger charge is -2.41. The summed E-state index contributed by atoms with van der Waals surface area (Å²) in [5.41, 5.74) is 0. The first-order valence-corrected chi connectivity index (χ1v) is 3.26. The Morgan fingerprint density at radius 2 is 2.00 bits per heavy atom. The number of amides is 1. The van der Waals surface area contributed by atoms with E-state index in [2.05, 4.69) is 0 Å². The Bertz CT molecular complexity index is 203. The molecule has 5 nitrogen and oxygen atoms in total. The maximum atomic E-state index is 10.4. The van der Waals surface area contributed by atoms with Gasteiger partial charge in [0.15, 0.2) is 0 Å². The first-order chi connectivity index (χ1) is 5.04. The van der Waals surface area contributed by atoms with E-state index in [9.17, 15) is 9.59 Å². The lowest BCUT2D eigenvalue weighted by molar-refractivity contribution is -0.150. The van der Waals surface area contributed by atoms with Crippen molar-refractivity contribution in [2.24, 2.45) is 5.92 Å². The van der Waals surface area contributed by atoms with Crippen molar-refractivity contribution in [1.29, 1.82) is 0 Å². The molecule has 0 aliphatic carbocycles. The summed E-state index contributed by atoms with van der Waals surface area (Å²) >= 11 is 0. The molecule has 2 atom stereocenters. The van der Waals surface area contributed by atoms with Gasteiger partial charge in [0, 0.05) is 12.5 Å². The molecule has 2 N–H and O–H groups in total. The fourth-order valence-corrected chi connectivity index (χ4v) is 1.27. The van der Waals surface area contributed by atoms with Gasteiger partial charge in [0.1, 0.15) is 6.04 Å². The van der Waals surface area contributed by atoms with E-state index in [1.807, 2.05) is 0 Å². The Balaban J connectivity index is 2.62. The minimum absolute atomic E-state index is 0.0661. The second-order valence-corrected chi connectivity index (χ2v) is 2.70. The Hall–Kier alpha value is -1.26. The smallest absolute Gasteiger partial charge is 0.408 e. The van der Waals surface area contributed by atoms with Crippen LogP contribution in [0.2, 0.25) is 0 Å². The number of carbonyl (C=O) groups is 2. The van der Waals surface area contributed by atoms with E-state index >= 15 is 0 Å². The third-order valence-electron chi connectivity index (χ3n) is 1.86. The highest BCUT2D eigenvalue weighted by molar-refractivity contribution is 5.81. The molecule has 5 heteroatoms. The van der Waals surface area contributed by atoms with E-state index in [-0.39, 0.29) is 5.92 Å². The van der Waals surface area contributed by atoms with Gasteiger partial charge in [-0.2, -0.15) is 0 Å². The molecular weight excluding hydrogens is 150 g/mol. The van der Waals surface area contributed by atoms with E-state index in [4.69, 9.17) is 10.2 Å². The molecule has 0 bridgehead atoms. The first-order valence-electron chi connectivity index (χ1n) is 3.26. The summed E-state index contributed by atoms with van der Waals surface area (Å²) in [7, 11) is 0.